The second kappa shape index (κ2) is 6.29. The van der Waals surface area contributed by atoms with Crippen molar-refractivity contribution in [2.45, 2.75) is 18.6 Å². The number of thioether (sulfide) groups is 1. The summed E-state index contributed by atoms with van der Waals surface area (Å²) < 4.78 is 1.45. The SMILES string of the molecule is CC(=O)SC1CC(=O)N(c2c(Br)cc(Br)cc2C#N)C1. The van der Waals surface area contributed by atoms with Crippen molar-refractivity contribution < 1.29 is 9.59 Å². The molecule has 104 valence electrons. The van der Waals surface area contributed by atoms with Gasteiger partial charge in [0.15, 0.2) is 5.12 Å². The molecule has 0 N–H and O–H groups in total. The number of amides is 1. The lowest BCUT2D eigenvalue weighted by atomic mass is 10.2. The molecule has 0 radical (unpaired) electrons. The van der Waals surface area contributed by atoms with Gasteiger partial charge in [-0.2, -0.15) is 5.26 Å². The molecule has 4 nitrogen and oxygen atoms in total. The van der Waals surface area contributed by atoms with E-state index in [4.69, 9.17) is 0 Å². The molecule has 1 fully saturated rings. The van der Waals surface area contributed by atoms with E-state index in [1.807, 2.05) is 0 Å². The van der Waals surface area contributed by atoms with Gasteiger partial charge < -0.3 is 4.90 Å². The molecule has 1 heterocycles. The van der Waals surface area contributed by atoms with Crippen LogP contribution in [0.15, 0.2) is 21.1 Å². The maximum absolute atomic E-state index is 12.1. The van der Waals surface area contributed by atoms with Gasteiger partial charge >= 0.3 is 0 Å². The number of carbonyl (C=O) groups is 2. The number of hydrogen-bond acceptors (Lipinski definition) is 4. The Morgan fingerprint density at radius 2 is 2.20 bits per heavy atom. The van der Waals surface area contributed by atoms with Crippen molar-refractivity contribution in [2.75, 3.05) is 11.4 Å². The average Bonchev–Trinajstić information content (AvgIpc) is 2.67. The Kier molecular flexibility index (Phi) is 4.89. The first-order valence-electron chi connectivity index (χ1n) is 5.79. The standard InChI is InChI=1S/C13H10Br2N2O2S/c1-7(18)20-10-4-12(19)17(6-10)13-8(5-16)2-9(14)3-11(13)15/h2-3,10H,4,6H2,1H3. The second-order valence-electron chi connectivity index (χ2n) is 4.34. The summed E-state index contributed by atoms with van der Waals surface area (Å²) in [7, 11) is 0. The lowest BCUT2D eigenvalue weighted by molar-refractivity contribution is -0.117. The molecule has 2 rings (SSSR count). The van der Waals surface area contributed by atoms with Crippen molar-refractivity contribution in [3.8, 4) is 6.07 Å². The number of halogens is 2. The summed E-state index contributed by atoms with van der Waals surface area (Å²) in [5.74, 6) is -0.0664. The van der Waals surface area contributed by atoms with Gasteiger partial charge in [-0.05, 0) is 28.1 Å². The van der Waals surface area contributed by atoms with Gasteiger partial charge in [0.2, 0.25) is 5.91 Å². The maximum atomic E-state index is 12.1. The highest BCUT2D eigenvalue weighted by Crippen LogP contribution is 2.37. The highest BCUT2D eigenvalue weighted by molar-refractivity contribution is 9.11. The van der Waals surface area contributed by atoms with Crippen LogP contribution in [0.1, 0.15) is 18.9 Å². The molecule has 1 atom stereocenters. The molecular formula is C13H10Br2N2O2S. The molecule has 1 aromatic carbocycles. The van der Waals surface area contributed by atoms with Crippen LogP contribution in [0.4, 0.5) is 5.69 Å². The van der Waals surface area contributed by atoms with E-state index in [1.165, 1.54) is 18.7 Å². The predicted octanol–water partition coefficient (Wildman–Crippen LogP) is 3.47. The Balaban J connectivity index is 2.36. The van der Waals surface area contributed by atoms with Crippen LogP contribution in [-0.2, 0) is 9.59 Å². The van der Waals surface area contributed by atoms with Crippen molar-refractivity contribution >= 4 is 60.3 Å². The normalized spacial score (nSPS) is 18.2. The van der Waals surface area contributed by atoms with Gasteiger partial charge in [-0.15, -0.1) is 0 Å². The first kappa shape index (κ1) is 15.5. The number of benzene rings is 1. The quantitative estimate of drug-likeness (QED) is 0.739. The minimum atomic E-state index is -0.0664. The van der Waals surface area contributed by atoms with Crippen LogP contribution < -0.4 is 4.90 Å². The molecule has 1 saturated heterocycles. The summed E-state index contributed by atoms with van der Waals surface area (Å²) >= 11 is 7.90. The number of nitrogens with zero attached hydrogens (tertiary/aromatic N) is 2. The number of nitriles is 1. The first-order valence-corrected chi connectivity index (χ1v) is 8.25. The fourth-order valence-corrected chi connectivity index (χ4v) is 4.49. The van der Waals surface area contributed by atoms with E-state index in [-0.39, 0.29) is 16.3 Å². The average molecular weight is 418 g/mol. The van der Waals surface area contributed by atoms with Crippen LogP contribution >= 0.6 is 43.6 Å². The Bertz CT molecular complexity index is 628. The van der Waals surface area contributed by atoms with Gasteiger partial charge in [0.1, 0.15) is 6.07 Å². The van der Waals surface area contributed by atoms with E-state index >= 15 is 0 Å². The first-order chi connectivity index (χ1) is 9.42. The van der Waals surface area contributed by atoms with Gasteiger partial charge in [0.05, 0.1) is 11.3 Å². The Labute approximate surface area is 137 Å². The minimum Gasteiger partial charge on any atom is -0.309 e. The fraction of sp³-hybridized carbons (Fsp3) is 0.308. The highest BCUT2D eigenvalue weighted by atomic mass is 79.9. The van der Waals surface area contributed by atoms with E-state index in [0.717, 1.165) is 4.47 Å². The number of hydrogen-bond donors (Lipinski definition) is 0. The fourth-order valence-electron chi connectivity index (χ4n) is 2.13. The molecule has 1 aromatic rings. The van der Waals surface area contributed by atoms with E-state index in [2.05, 4.69) is 37.9 Å². The molecule has 0 aliphatic carbocycles. The van der Waals surface area contributed by atoms with E-state index in [0.29, 0.717) is 28.7 Å². The highest BCUT2D eigenvalue weighted by Gasteiger charge is 2.34. The smallest absolute Gasteiger partial charge is 0.228 e. The third kappa shape index (κ3) is 3.25. The molecule has 0 saturated carbocycles. The monoisotopic (exact) mass is 416 g/mol. The van der Waals surface area contributed by atoms with Crippen LogP contribution in [0.5, 0.6) is 0 Å². The van der Waals surface area contributed by atoms with E-state index in [1.54, 1.807) is 17.0 Å². The maximum Gasteiger partial charge on any atom is 0.228 e. The molecular weight excluding hydrogens is 408 g/mol. The van der Waals surface area contributed by atoms with Gasteiger partial charge in [0.25, 0.3) is 0 Å². The van der Waals surface area contributed by atoms with Crippen molar-refractivity contribution in [1.29, 1.82) is 5.26 Å². The topological polar surface area (TPSA) is 61.2 Å². The zero-order valence-corrected chi connectivity index (χ0v) is 14.5. The predicted molar refractivity (Wildman–Crippen MR) is 85.6 cm³/mol. The summed E-state index contributed by atoms with van der Waals surface area (Å²) in [6.07, 6.45) is 0.317. The number of rotatable bonds is 2. The molecule has 1 aliphatic heterocycles. The summed E-state index contributed by atoms with van der Waals surface area (Å²) in [6, 6.07) is 5.58. The molecule has 7 heteroatoms. The number of anilines is 1. The van der Waals surface area contributed by atoms with Gasteiger partial charge in [-0.1, -0.05) is 27.7 Å². The molecule has 1 amide bonds. The largest absolute Gasteiger partial charge is 0.309 e. The van der Waals surface area contributed by atoms with E-state index < -0.39 is 0 Å². The Morgan fingerprint density at radius 1 is 1.50 bits per heavy atom. The molecule has 0 aromatic heterocycles. The molecule has 0 spiro atoms. The van der Waals surface area contributed by atoms with Crippen molar-refractivity contribution in [3.63, 3.8) is 0 Å². The Morgan fingerprint density at radius 3 is 2.80 bits per heavy atom. The van der Waals surface area contributed by atoms with E-state index in [9.17, 15) is 14.9 Å². The zero-order valence-electron chi connectivity index (χ0n) is 10.5. The second-order valence-corrected chi connectivity index (χ2v) is 7.58. The van der Waals surface area contributed by atoms with Crippen molar-refractivity contribution in [2.24, 2.45) is 0 Å². The lowest BCUT2D eigenvalue weighted by Gasteiger charge is -2.19. The Hall–Kier alpha value is -0.840. The summed E-state index contributed by atoms with van der Waals surface area (Å²) in [5.41, 5.74) is 1.00. The summed E-state index contributed by atoms with van der Waals surface area (Å²) in [4.78, 5) is 24.9. The van der Waals surface area contributed by atoms with Crippen molar-refractivity contribution in [1.82, 2.24) is 0 Å². The minimum absolute atomic E-state index is 0.0000264. The van der Waals surface area contributed by atoms with Gasteiger partial charge in [-0.3, -0.25) is 9.59 Å². The van der Waals surface area contributed by atoms with Crippen LogP contribution in [0.25, 0.3) is 0 Å². The lowest BCUT2D eigenvalue weighted by Crippen LogP contribution is -2.26. The molecule has 1 aliphatic rings. The van der Waals surface area contributed by atoms with Crippen LogP contribution in [0.2, 0.25) is 0 Å². The van der Waals surface area contributed by atoms with Crippen molar-refractivity contribution in [3.05, 3.63) is 26.6 Å². The van der Waals surface area contributed by atoms with Gasteiger partial charge in [0, 0.05) is 34.1 Å². The third-order valence-corrected chi connectivity index (χ3v) is 4.88. The summed E-state index contributed by atoms with van der Waals surface area (Å²) in [5, 5.41) is 9.18. The summed E-state index contributed by atoms with van der Waals surface area (Å²) in [6.45, 7) is 1.94. The van der Waals surface area contributed by atoms with Crippen LogP contribution in [0.3, 0.4) is 0 Å². The van der Waals surface area contributed by atoms with Crippen LogP contribution in [0, 0.1) is 11.3 Å². The molecule has 1 unspecified atom stereocenters. The third-order valence-electron chi connectivity index (χ3n) is 2.84. The van der Waals surface area contributed by atoms with Crippen LogP contribution in [-0.4, -0.2) is 22.8 Å². The molecule has 0 bridgehead atoms. The number of carbonyl (C=O) groups excluding carboxylic acids is 2. The van der Waals surface area contributed by atoms with Gasteiger partial charge in [-0.25, -0.2) is 0 Å². The zero-order chi connectivity index (χ0) is 14.9. The molecule has 20 heavy (non-hydrogen) atoms.